The van der Waals surface area contributed by atoms with Crippen LogP contribution in [0.2, 0.25) is 0 Å². The Balaban J connectivity index is 1.37. The molecule has 2 heterocycles. The number of aromatic nitrogens is 1. The number of aryl methyl sites for hydroxylation is 3. The smallest absolute Gasteiger partial charge is 0.416 e. The van der Waals surface area contributed by atoms with Crippen LogP contribution in [0.5, 0.6) is 5.75 Å². The summed E-state index contributed by atoms with van der Waals surface area (Å²) in [5.41, 5.74) is 2.96. The lowest BCUT2D eigenvalue weighted by Gasteiger charge is -2.34. The average Bonchev–Trinajstić information content (AvgIpc) is 3.17. The van der Waals surface area contributed by atoms with Gasteiger partial charge < -0.3 is 14.2 Å². The van der Waals surface area contributed by atoms with E-state index in [-0.39, 0.29) is 18.2 Å². The Morgan fingerprint density at radius 3 is 2.37 bits per heavy atom. The molecule has 186 valence electrons. The minimum Gasteiger partial charge on any atom is -0.489 e. The first kappa shape index (κ1) is 24.8. The Bertz CT molecular complexity index is 1180. The Morgan fingerprint density at radius 1 is 1.03 bits per heavy atom. The molecule has 4 rings (SSSR count). The molecule has 0 N–H and O–H groups in total. The van der Waals surface area contributed by atoms with Gasteiger partial charge in [0.05, 0.1) is 11.1 Å². The number of carbonyl (C=O) groups excluding carboxylic acids is 1. The van der Waals surface area contributed by atoms with Crippen molar-refractivity contribution in [2.24, 2.45) is 0 Å². The highest BCUT2D eigenvalue weighted by molar-refractivity contribution is 5.93. The number of benzene rings is 2. The quantitative estimate of drug-likeness (QED) is 0.481. The fourth-order valence-electron chi connectivity index (χ4n) is 4.26. The molecule has 1 aliphatic heterocycles. The molecule has 0 saturated carbocycles. The van der Waals surface area contributed by atoms with E-state index in [1.165, 1.54) is 12.1 Å². The van der Waals surface area contributed by atoms with Gasteiger partial charge in [0.2, 0.25) is 0 Å². The van der Waals surface area contributed by atoms with E-state index in [1.807, 2.05) is 30.9 Å². The van der Waals surface area contributed by atoms with E-state index < -0.39 is 11.7 Å². The number of nitrogens with zero attached hydrogens (tertiary/aromatic N) is 3. The van der Waals surface area contributed by atoms with E-state index in [2.05, 4.69) is 11.2 Å². The van der Waals surface area contributed by atoms with Gasteiger partial charge in [0.15, 0.2) is 5.69 Å². The Hall–Kier alpha value is -3.33. The number of piperazine rings is 1. The van der Waals surface area contributed by atoms with Gasteiger partial charge in [-0.2, -0.15) is 13.2 Å². The van der Waals surface area contributed by atoms with Crippen molar-refractivity contribution in [1.82, 2.24) is 15.0 Å². The number of halogens is 3. The molecule has 9 heteroatoms. The van der Waals surface area contributed by atoms with Crippen molar-refractivity contribution in [2.45, 2.75) is 40.1 Å². The van der Waals surface area contributed by atoms with Gasteiger partial charge >= 0.3 is 6.18 Å². The predicted molar refractivity (Wildman–Crippen MR) is 124 cm³/mol. The number of ether oxygens (including phenoxy) is 1. The van der Waals surface area contributed by atoms with Crippen molar-refractivity contribution in [3.63, 3.8) is 0 Å². The van der Waals surface area contributed by atoms with Crippen LogP contribution in [-0.4, -0.2) is 47.0 Å². The van der Waals surface area contributed by atoms with Gasteiger partial charge in [-0.25, -0.2) is 0 Å². The van der Waals surface area contributed by atoms with Crippen molar-refractivity contribution in [3.8, 4) is 5.75 Å². The fraction of sp³-hybridized carbons (Fsp3) is 0.385. The zero-order chi connectivity index (χ0) is 25.2. The second-order valence-corrected chi connectivity index (χ2v) is 8.94. The molecule has 2 aromatic carbocycles. The Kier molecular flexibility index (Phi) is 7.16. The van der Waals surface area contributed by atoms with Crippen LogP contribution in [0.3, 0.4) is 0 Å². The van der Waals surface area contributed by atoms with Gasteiger partial charge in [0.25, 0.3) is 5.91 Å². The molecule has 0 radical (unpaired) electrons. The molecular weight excluding hydrogens is 459 g/mol. The van der Waals surface area contributed by atoms with Gasteiger partial charge in [-0.05, 0) is 55.7 Å². The molecule has 0 atom stereocenters. The number of amides is 1. The minimum atomic E-state index is -4.36. The standard InChI is InChI=1S/C26H28F3N3O3/c1-17-11-18(2)13-22(12-17)34-16-23-19(3)35-30-24(23)25(33)32-9-7-31(8-10-32)15-20-5-4-6-21(14-20)26(27,28)29/h4-6,11-14H,7-10,15-16H2,1-3H3. The van der Waals surface area contributed by atoms with E-state index in [4.69, 9.17) is 9.26 Å². The van der Waals surface area contributed by atoms with E-state index in [1.54, 1.807) is 17.9 Å². The zero-order valence-corrected chi connectivity index (χ0v) is 20.0. The maximum atomic E-state index is 13.2. The van der Waals surface area contributed by atoms with Crippen LogP contribution in [0, 0.1) is 20.8 Å². The Morgan fingerprint density at radius 2 is 1.71 bits per heavy atom. The number of hydrogen-bond donors (Lipinski definition) is 0. The number of hydrogen-bond acceptors (Lipinski definition) is 5. The first-order chi connectivity index (χ1) is 16.6. The third-order valence-electron chi connectivity index (χ3n) is 6.09. The number of rotatable bonds is 6. The molecule has 0 spiro atoms. The lowest BCUT2D eigenvalue weighted by atomic mass is 10.1. The van der Waals surface area contributed by atoms with Crippen LogP contribution in [0.1, 0.15) is 44.1 Å². The molecule has 1 fully saturated rings. The molecule has 35 heavy (non-hydrogen) atoms. The molecule has 1 saturated heterocycles. The van der Waals surface area contributed by atoms with Crippen LogP contribution in [0.15, 0.2) is 47.0 Å². The van der Waals surface area contributed by atoms with Crippen LogP contribution < -0.4 is 4.74 Å². The monoisotopic (exact) mass is 487 g/mol. The average molecular weight is 488 g/mol. The van der Waals surface area contributed by atoms with E-state index in [9.17, 15) is 18.0 Å². The fourth-order valence-corrected chi connectivity index (χ4v) is 4.26. The summed E-state index contributed by atoms with van der Waals surface area (Å²) < 4.78 is 50.2. The highest BCUT2D eigenvalue weighted by Crippen LogP contribution is 2.30. The van der Waals surface area contributed by atoms with Crippen LogP contribution in [0.25, 0.3) is 0 Å². The third kappa shape index (κ3) is 6.03. The summed E-state index contributed by atoms with van der Waals surface area (Å²) in [6.45, 7) is 8.27. The maximum Gasteiger partial charge on any atom is 0.416 e. The first-order valence-electron chi connectivity index (χ1n) is 11.4. The van der Waals surface area contributed by atoms with Gasteiger partial charge in [-0.1, -0.05) is 29.4 Å². The molecule has 6 nitrogen and oxygen atoms in total. The molecule has 0 aliphatic carbocycles. The summed E-state index contributed by atoms with van der Waals surface area (Å²) in [4.78, 5) is 16.9. The van der Waals surface area contributed by atoms with E-state index in [0.29, 0.717) is 55.4 Å². The second kappa shape index (κ2) is 10.1. The van der Waals surface area contributed by atoms with Gasteiger partial charge in [0, 0.05) is 32.7 Å². The summed E-state index contributed by atoms with van der Waals surface area (Å²) in [6, 6.07) is 11.3. The molecule has 1 amide bonds. The summed E-state index contributed by atoms with van der Waals surface area (Å²) in [6.07, 6.45) is -4.36. The van der Waals surface area contributed by atoms with Gasteiger partial charge in [0.1, 0.15) is 18.1 Å². The lowest BCUT2D eigenvalue weighted by Crippen LogP contribution is -2.48. The number of carbonyl (C=O) groups is 1. The summed E-state index contributed by atoms with van der Waals surface area (Å²) >= 11 is 0. The SMILES string of the molecule is Cc1cc(C)cc(OCc2c(C(=O)N3CCN(Cc4cccc(C(F)(F)F)c4)CC3)noc2C)c1. The third-order valence-corrected chi connectivity index (χ3v) is 6.09. The molecular formula is C26H28F3N3O3. The van der Waals surface area contributed by atoms with Crippen molar-refractivity contribution >= 4 is 5.91 Å². The van der Waals surface area contributed by atoms with Crippen LogP contribution in [-0.2, 0) is 19.3 Å². The molecule has 1 aromatic heterocycles. The van der Waals surface area contributed by atoms with Crippen molar-refractivity contribution in [2.75, 3.05) is 26.2 Å². The Labute approximate surface area is 202 Å². The summed E-state index contributed by atoms with van der Waals surface area (Å²) in [5, 5.41) is 3.99. The van der Waals surface area contributed by atoms with Crippen LogP contribution in [0.4, 0.5) is 13.2 Å². The van der Waals surface area contributed by atoms with E-state index in [0.717, 1.165) is 17.2 Å². The van der Waals surface area contributed by atoms with E-state index >= 15 is 0 Å². The molecule has 0 bridgehead atoms. The van der Waals surface area contributed by atoms with Gasteiger partial charge in [-0.15, -0.1) is 0 Å². The van der Waals surface area contributed by atoms with Crippen LogP contribution >= 0.6 is 0 Å². The highest BCUT2D eigenvalue weighted by Gasteiger charge is 2.31. The second-order valence-electron chi connectivity index (χ2n) is 8.94. The highest BCUT2D eigenvalue weighted by atomic mass is 19.4. The van der Waals surface area contributed by atoms with Crippen molar-refractivity contribution in [1.29, 1.82) is 0 Å². The lowest BCUT2D eigenvalue weighted by molar-refractivity contribution is -0.137. The zero-order valence-electron chi connectivity index (χ0n) is 20.0. The van der Waals surface area contributed by atoms with Crippen molar-refractivity contribution in [3.05, 3.63) is 81.7 Å². The van der Waals surface area contributed by atoms with Gasteiger partial charge in [-0.3, -0.25) is 9.69 Å². The minimum absolute atomic E-state index is 0.162. The number of alkyl halides is 3. The normalized spacial score (nSPS) is 14.9. The first-order valence-corrected chi connectivity index (χ1v) is 11.4. The summed E-state index contributed by atoms with van der Waals surface area (Å²) in [7, 11) is 0. The molecule has 3 aromatic rings. The van der Waals surface area contributed by atoms with Crippen molar-refractivity contribution < 1.29 is 27.2 Å². The molecule has 0 unspecified atom stereocenters. The largest absolute Gasteiger partial charge is 0.489 e. The predicted octanol–water partition coefficient (Wildman–Crippen LogP) is 5.16. The summed E-state index contributed by atoms with van der Waals surface area (Å²) in [5.74, 6) is 1.00. The topological polar surface area (TPSA) is 58.8 Å². The maximum absolute atomic E-state index is 13.2. The molecule has 1 aliphatic rings.